The standard InChI is InChI=1S/C20H31N3O3/c1-14(2)16-6-7-17(18(12-16)26-5)13-19(24)22-8-10-23(11-9-22)20(25)21-15(3)4/h6-7,12,14-15H,8-11,13H2,1-5H3,(H,21,25). The van der Waals surface area contributed by atoms with Crippen LogP contribution in [0.5, 0.6) is 5.75 Å². The van der Waals surface area contributed by atoms with Gasteiger partial charge in [0.1, 0.15) is 5.75 Å². The third kappa shape index (κ3) is 5.13. The Bertz CT molecular complexity index is 635. The Morgan fingerprint density at radius 1 is 1.08 bits per heavy atom. The number of methoxy groups -OCH3 is 1. The number of carbonyl (C=O) groups is 2. The van der Waals surface area contributed by atoms with Gasteiger partial charge in [-0.05, 0) is 31.4 Å². The van der Waals surface area contributed by atoms with E-state index < -0.39 is 0 Å². The van der Waals surface area contributed by atoms with Crippen LogP contribution in [0.3, 0.4) is 0 Å². The highest BCUT2D eigenvalue weighted by Crippen LogP contribution is 2.25. The Kier molecular flexibility index (Phi) is 6.89. The number of nitrogens with zero attached hydrogens (tertiary/aromatic N) is 2. The van der Waals surface area contributed by atoms with E-state index in [2.05, 4.69) is 25.2 Å². The number of ether oxygens (including phenoxy) is 1. The van der Waals surface area contributed by atoms with Crippen LogP contribution in [0.1, 0.15) is 44.7 Å². The van der Waals surface area contributed by atoms with E-state index in [-0.39, 0.29) is 18.0 Å². The number of nitrogens with one attached hydrogen (secondary N) is 1. The summed E-state index contributed by atoms with van der Waals surface area (Å²) in [5.41, 5.74) is 2.10. The Morgan fingerprint density at radius 3 is 2.23 bits per heavy atom. The van der Waals surface area contributed by atoms with Crippen molar-refractivity contribution in [3.63, 3.8) is 0 Å². The van der Waals surface area contributed by atoms with Crippen LogP contribution in [0.4, 0.5) is 4.79 Å². The predicted octanol–water partition coefficient (Wildman–Crippen LogP) is 2.62. The van der Waals surface area contributed by atoms with Crippen molar-refractivity contribution >= 4 is 11.9 Å². The van der Waals surface area contributed by atoms with E-state index in [0.29, 0.717) is 38.5 Å². The molecular formula is C20H31N3O3. The maximum atomic E-state index is 12.7. The number of urea groups is 1. The van der Waals surface area contributed by atoms with Crippen LogP contribution in [-0.2, 0) is 11.2 Å². The van der Waals surface area contributed by atoms with Crippen molar-refractivity contribution in [1.82, 2.24) is 15.1 Å². The number of piperazine rings is 1. The molecular weight excluding hydrogens is 330 g/mol. The lowest BCUT2D eigenvalue weighted by molar-refractivity contribution is -0.131. The van der Waals surface area contributed by atoms with Gasteiger partial charge in [0.2, 0.25) is 5.91 Å². The van der Waals surface area contributed by atoms with Crippen LogP contribution in [0, 0.1) is 0 Å². The first kappa shape index (κ1) is 20.1. The Hall–Kier alpha value is -2.24. The molecule has 0 bridgehead atoms. The predicted molar refractivity (Wildman–Crippen MR) is 103 cm³/mol. The van der Waals surface area contributed by atoms with E-state index in [4.69, 9.17) is 4.74 Å². The van der Waals surface area contributed by atoms with Gasteiger partial charge in [-0.2, -0.15) is 0 Å². The fourth-order valence-electron chi connectivity index (χ4n) is 3.04. The fraction of sp³-hybridized carbons (Fsp3) is 0.600. The zero-order valence-electron chi connectivity index (χ0n) is 16.5. The molecule has 1 aliphatic heterocycles. The van der Waals surface area contributed by atoms with Gasteiger partial charge in [-0.1, -0.05) is 26.0 Å². The normalized spacial score (nSPS) is 14.7. The van der Waals surface area contributed by atoms with E-state index in [1.807, 2.05) is 30.9 Å². The van der Waals surface area contributed by atoms with Crippen LogP contribution in [0.2, 0.25) is 0 Å². The minimum absolute atomic E-state index is 0.0574. The summed E-state index contributed by atoms with van der Waals surface area (Å²) in [4.78, 5) is 28.3. The zero-order valence-corrected chi connectivity index (χ0v) is 16.5. The van der Waals surface area contributed by atoms with Crippen LogP contribution >= 0.6 is 0 Å². The van der Waals surface area contributed by atoms with E-state index in [9.17, 15) is 9.59 Å². The van der Waals surface area contributed by atoms with E-state index in [0.717, 1.165) is 11.3 Å². The second-order valence-electron chi connectivity index (χ2n) is 7.37. The highest BCUT2D eigenvalue weighted by Gasteiger charge is 2.25. The monoisotopic (exact) mass is 361 g/mol. The molecule has 1 heterocycles. The summed E-state index contributed by atoms with van der Waals surface area (Å²) in [6, 6.07) is 6.12. The molecule has 0 aliphatic carbocycles. The van der Waals surface area contributed by atoms with E-state index in [1.54, 1.807) is 12.0 Å². The Labute approximate surface area is 156 Å². The van der Waals surface area contributed by atoms with Gasteiger partial charge in [-0.15, -0.1) is 0 Å². The first-order chi connectivity index (χ1) is 12.3. The summed E-state index contributed by atoms with van der Waals surface area (Å²) in [5, 5.41) is 2.89. The van der Waals surface area contributed by atoms with Gasteiger partial charge < -0.3 is 19.9 Å². The summed E-state index contributed by atoms with van der Waals surface area (Å²) < 4.78 is 5.48. The van der Waals surface area contributed by atoms with E-state index in [1.165, 1.54) is 5.56 Å². The molecule has 1 N–H and O–H groups in total. The quantitative estimate of drug-likeness (QED) is 0.877. The maximum Gasteiger partial charge on any atom is 0.317 e. The van der Waals surface area contributed by atoms with Crippen LogP contribution in [0.15, 0.2) is 18.2 Å². The second-order valence-corrected chi connectivity index (χ2v) is 7.37. The topological polar surface area (TPSA) is 61.9 Å². The smallest absolute Gasteiger partial charge is 0.317 e. The zero-order chi connectivity index (χ0) is 19.3. The largest absolute Gasteiger partial charge is 0.496 e. The van der Waals surface area contributed by atoms with Crippen molar-refractivity contribution in [2.75, 3.05) is 33.3 Å². The molecule has 0 spiro atoms. The average Bonchev–Trinajstić information content (AvgIpc) is 2.61. The van der Waals surface area contributed by atoms with Gasteiger partial charge in [0, 0.05) is 37.8 Å². The number of benzene rings is 1. The lowest BCUT2D eigenvalue weighted by Crippen LogP contribution is -2.54. The molecule has 1 aliphatic rings. The molecule has 1 aromatic rings. The van der Waals surface area contributed by atoms with Crippen LogP contribution < -0.4 is 10.1 Å². The molecule has 6 nitrogen and oxygen atoms in total. The molecule has 1 saturated heterocycles. The van der Waals surface area contributed by atoms with E-state index >= 15 is 0 Å². The lowest BCUT2D eigenvalue weighted by Gasteiger charge is -2.35. The van der Waals surface area contributed by atoms with Crippen LogP contribution in [-0.4, -0.2) is 61.1 Å². The summed E-state index contributed by atoms with van der Waals surface area (Å²) in [6.07, 6.45) is 0.319. The number of carbonyl (C=O) groups excluding carboxylic acids is 2. The molecule has 0 aromatic heterocycles. The van der Waals surface area contributed by atoms with Gasteiger partial charge in [0.25, 0.3) is 0 Å². The molecule has 0 saturated carbocycles. The summed E-state index contributed by atoms with van der Waals surface area (Å²) >= 11 is 0. The third-order valence-electron chi connectivity index (χ3n) is 4.65. The molecule has 1 aromatic carbocycles. The first-order valence-corrected chi connectivity index (χ1v) is 9.31. The first-order valence-electron chi connectivity index (χ1n) is 9.31. The van der Waals surface area contributed by atoms with Gasteiger partial charge in [-0.3, -0.25) is 4.79 Å². The average molecular weight is 361 g/mol. The molecule has 26 heavy (non-hydrogen) atoms. The summed E-state index contributed by atoms with van der Waals surface area (Å²) in [6.45, 7) is 10.4. The minimum atomic E-state index is -0.0574. The van der Waals surface area contributed by atoms with Crippen molar-refractivity contribution in [3.05, 3.63) is 29.3 Å². The van der Waals surface area contributed by atoms with Crippen LogP contribution in [0.25, 0.3) is 0 Å². The summed E-state index contributed by atoms with van der Waals surface area (Å²) in [7, 11) is 1.64. The summed E-state index contributed by atoms with van der Waals surface area (Å²) in [5.74, 6) is 1.25. The molecule has 0 atom stereocenters. The second kappa shape index (κ2) is 8.92. The minimum Gasteiger partial charge on any atom is -0.496 e. The number of rotatable bonds is 5. The Balaban J connectivity index is 1.94. The molecule has 2 rings (SSSR count). The molecule has 6 heteroatoms. The van der Waals surface area contributed by atoms with Gasteiger partial charge in [0.05, 0.1) is 13.5 Å². The molecule has 144 valence electrons. The maximum absolute atomic E-state index is 12.7. The third-order valence-corrected chi connectivity index (χ3v) is 4.65. The Morgan fingerprint density at radius 2 is 1.69 bits per heavy atom. The molecule has 3 amide bonds. The number of amides is 3. The van der Waals surface area contributed by atoms with Crippen molar-refractivity contribution in [2.24, 2.45) is 0 Å². The van der Waals surface area contributed by atoms with Crippen molar-refractivity contribution in [2.45, 2.75) is 46.1 Å². The number of hydrogen-bond donors (Lipinski definition) is 1. The van der Waals surface area contributed by atoms with Gasteiger partial charge in [0.15, 0.2) is 0 Å². The molecule has 0 radical (unpaired) electrons. The SMILES string of the molecule is COc1cc(C(C)C)ccc1CC(=O)N1CCN(C(=O)NC(C)C)CC1. The highest BCUT2D eigenvalue weighted by molar-refractivity contribution is 5.80. The lowest BCUT2D eigenvalue weighted by atomic mass is 9.99. The van der Waals surface area contributed by atoms with Gasteiger partial charge >= 0.3 is 6.03 Å². The highest BCUT2D eigenvalue weighted by atomic mass is 16.5. The molecule has 0 unspecified atom stereocenters. The van der Waals surface area contributed by atoms with Crippen molar-refractivity contribution in [3.8, 4) is 5.75 Å². The molecule has 1 fully saturated rings. The van der Waals surface area contributed by atoms with Gasteiger partial charge in [-0.25, -0.2) is 4.79 Å². The van der Waals surface area contributed by atoms with Crippen molar-refractivity contribution < 1.29 is 14.3 Å². The fourth-order valence-corrected chi connectivity index (χ4v) is 3.04. The van der Waals surface area contributed by atoms with Crippen molar-refractivity contribution in [1.29, 1.82) is 0 Å². The number of hydrogen-bond acceptors (Lipinski definition) is 3.